The Kier molecular flexibility index (Phi) is 10.3. The Morgan fingerprint density at radius 3 is 1.38 bits per heavy atom. The minimum absolute atomic E-state index is 0.865. The van der Waals surface area contributed by atoms with Crippen LogP contribution in [0.5, 0.6) is 0 Å². The summed E-state index contributed by atoms with van der Waals surface area (Å²) < 4.78 is 0. The molecule has 0 aliphatic heterocycles. The molecule has 0 radical (unpaired) electrons. The van der Waals surface area contributed by atoms with Crippen molar-refractivity contribution in [3.8, 4) is 0 Å². The van der Waals surface area contributed by atoms with E-state index in [2.05, 4.69) is 6.92 Å². The van der Waals surface area contributed by atoms with Gasteiger partial charge in [0.05, 0.1) is 0 Å². The molecule has 0 saturated carbocycles. The quantitative estimate of drug-likeness (QED) is 0.387. The largest absolute Gasteiger partial charge is 0.327 e. The van der Waals surface area contributed by atoms with Gasteiger partial charge in [-0.05, 0) is 6.04 Å². The van der Waals surface area contributed by atoms with E-state index in [1.165, 1.54) is 57.8 Å². The smallest absolute Gasteiger partial charge is 0.273 e. The average Bonchev–Trinajstić information content (AvgIpc) is 2.19. The van der Waals surface area contributed by atoms with Crippen LogP contribution >= 0.6 is 0 Å². The van der Waals surface area contributed by atoms with Crippen LogP contribution in [0.25, 0.3) is 0 Å². The second-order valence-corrected chi connectivity index (χ2v) is 7.77. The third-order valence-electron chi connectivity index (χ3n) is 2.96. The molecule has 3 nitrogen and oxygen atoms in total. The Hall–Kier alpha value is 0.0969. The summed E-state index contributed by atoms with van der Waals surface area (Å²) in [6.45, 7) is 2.26. The molecule has 0 unspecified atom stereocenters. The van der Waals surface area contributed by atoms with Gasteiger partial charge in [-0.2, -0.15) is 0 Å². The molecule has 16 heavy (non-hydrogen) atoms. The molecule has 0 aromatic heterocycles. The maximum Gasteiger partial charge on any atom is 0.273 e. The summed E-state index contributed by atoms with van der Waals surface area (Å²) in [4.78, 5) is 0. The van der Waals surface area contributed by atoms with Gasteiger partial charge in [0, 0.05) is 0 Å². The van der Waals surface area contributed by atoms with E-state index >= 15 is 0 Å². The highest BCUT2D eigenvalue weighted by Crippen LogP contribution is 2.11. The van der Waals surface area contributed by atoms with Gasteiger partial charge in [-0.1, -0.05) is 71.1 Å². The fourth-order valence-corrected chi connectivity index (χ4v) is 2.78. The van der Waals surface area contributed by atoms with Crippen LogP contribution in [-0.4, -0.2) is 8.56 Å². The Morgan fingerprint density at radius 2 is 1.00 bits per heavy atom. The SMILES string of the molecule is CCCCCCCCCCCC[Si](N)(N)N. The van der Waals surface area contributed by atoms with E-state index in [9.17, 15) is 0 Å². The highest BCUT2D eigenvalue weighted by molar-refractivity contribution is 6.70. The van der Waals surface area contributed by atoms with Gasteiger partial charge in [0.25, 0.3) is 8.56 Å². The van der Waals surface area contributed by atoms with Gasteiger partial charge in [0.2, 0.25) is 0 Å². The topological polar surface area (TPSA) is 78.1 Å². The molecular weight excluding hydrogens is 214 g/mol. The Morgan fingerprint density at radius 1 is 0.625 bits per heavy atom. The van der Waals surface area contributed by atoms with Crippen molar-refractivity contribution in [3.63, 3.8) is 0 Å². The van der Waals surface area contributed by atoms with Gasteiger partial charge in [-0.3, -0.25) is 0 Å². The van der Waals surface area contributed by atoms with Crippen molar-refractivity contribution in [2.24, 2.45) is 16.2 Å². The van der Waals surface area contributed by atoms with E-state index in [-0.39, 0.29) is 0 Å². The Labute approximate surface area is 102 Å². The fourth-order valence-electron chi connectivity index (χ4n) is 1.92. The van der Waals surface area contributed by atoms with Crippen LogP contribution in [0.15, 0.2) is 0 Å². The molecule has 0 aliphatic carbocycles. The molecule has 0 atom stereocenters. The molecule has 0 heterocycles. The number of unbranched alkanes of at least 4 members (excludes halogenated alkanes) is 9. The Balaban J connectivity index is 2.99. The molecule has 0 spiro atoms. The van der Waals surface area contributed by atoms with E-state index in [1.807, 2.05) is 0 Å². The molecule has 0 aliphatic rings. The van der Waals surface area contributed by atoms with Crippen LogP contribution in [0.4, 0.5) is 0 Å². The number of hydrogen-bond donors (Lipinski definition) is 3. The lowest BCUT2D eigenvalue weighted by Gasteiger charge is -2.13. The van der Waals surface area contributed by atoms with E-state index in [0.29, 0.717) is 0 Å². The van der Waals surface area contributed by atoms with Gasteiger partial charge >= 0.3 is 0 Å². The summed E-state index contributed by atoms with van der Waals surface area (Å²) in [6.07, 6.45) is 13.4. The first-order valence-electron chi connectivity index (χ1n) is 6.93. The van der Waals surface area contributed by atoms with Crippen LogP contribution in [0.3, 0.4) is 0 Å². The van der Waals surface area contributed by atoms with Gasteiger partial charge < -0.3 is 16.2 Å². The van der Waals surface area contributed by atoms with E-state index < -0.39 is 8.56 Å². The monoisotopic (exact) mass is 245 g/mol. The minimum Gasteiger partial charge on any atom is -0.327 e. The van der Waals surface area contributed by atoms with Gasteiger partial charge in [-0.25, -0.2) is 0 Å². The number of hydrogen-bond acceptors (Lipinski definition) is 3. The molecule has 0 fully saturated rings. The minimum atomic E-state index is -2.25. The summed E-state index contributed by atoms with van der Waals surface area (Å²) in [5.74, 6) is 0. The number of rotatable bonds is 11. The van der Waals surface area contributed by atoms with Gasteiger partial charge in [0.15, 0.2) is 0 Å². The zero-order valence-corrected chi connectivity index (χ0v) is 12.0. The van der Waals surface area contributed by atoms with Crippen molar-refractivity contribution in [2.45, 2.75) is 77.2 Å². The molecule has 0 rings (SSSR count). The van der Waals surface area contributed by atoms with Crippen molar-refractivity contribution < 1.29 is 0 Å². The predicted octanol–water partition coefficient (Wildman–Crippen LogP) is 2.72. The first-order chi connectivity index (χ1) is 7.56. The van der Waals surface area contributed by atoms with Crippen molar-refractivity contribution in [1.29, 1.82) is 0 Å². The zero-order valence-electron chi connectivity index (χ0n) is 11.0. The third kappa shape index (κ3) is 14.1. The van der Waals surface area contributed by atoms with Crippen LogP contribution in [0.1, 0.15) is 71.1 Å². The predicted molar refractivity (Wildman–Crippen MR) is 75.0 cm³/mol. The molecule has 0 aromatic rings. The lowest BCUT2D eigenvalue weighted by Crippen LogP contribution is -2.64. The van der Waals surface area contributed by atoms with Crippen LogP contribution < -0.4 is 16.2 Å². The normalized spacial score (nSPS) is 12.0. The highest BCUT2D eigenvalue weighted by atomic mass is 28.4. The van der Waals surface area contributed by atoms with Gasteiger partial charge in [0.1, 0.15) is 0 Å². The second kappa shape index (κ2) is 10.3. The molecule has 0 amide bonds. The Bertz CT molecular complexity index is 146. The summed E-state index contributed by atoms with van der Waals surface area (Å²) in [5.41, 5.74) is 0. The van der Waals surface area contributed by atoms with E-state index in [1.54, 1.807) is 0 Å². The lowest BCUT2D eigenvalue weighted by atomic mass is 10.1. The maximum atomic E-state index is 5.64. The van der Waals surface area contributed by atoms with Crippen molar-refractivity contribution in [1.82, 2.24) is 0 Å². The summed E-state index contributed by atoms with van der Waals surface area (Å²) in [7, 11) is -2.25. The summed E-state index contributed by atoms with van der Waals surface area (Å²) >= 11 is 0. The molecule has 4 heteroatoms. The third-order valence-corrected chi connectivity index (χ3v) is 4.18. The fraction of sp³-hybridized carbons (Fsp3) is 1.00. The average molecular weight is 245 g/mol. The summed E-state index contributed by atoms with van der Waals surface area (Å²) in [6, 6.07) is 0.865. The maximum absolute atomic E-state index is 5.64. The first kappa shape index (κ1) is 16.1. The first-order valence-corrected chi connectivity index (χ1v) is 9.37. The molecule has 0 aromatic carbocycles. The van der Waals surface area contributed by atoms with Crippen molar-refractivity contribution in [3.05, 3.63) is 0 Å². The highest BCUT2D eigenvalue weighted by Gasteiger charge is 2.15. The molecule has 0 saturated heterocycles. The molecule has 0 bridgehead atoms. The van der Waals surface area contributed by atoms with Gasteiger partial charge in [-0.15, -0.1) is 0 Å². The standard InChI is InChI=1S/C12H31N3Si/c1-2-3-4-5-6-7-8-9-10-11-12-16(13,14)15/h2-15H2,1H3. The second-order valence-electron chi connectivity index (χ2n) is 5.04. The van der Waals surface area contributed by atoms with E-state index in [0.717, 1.165) is 12.5 Å². The van der Waals surface area contributed by atoms with Crippen LogP contribution in [0, 0.1) is 0 Å². The van der Waals surface area contributed by atoms with E-state index in [4.69, 9.17) is 16.2 Å². The lowest BCUT2D eigenvalue weighted by molar-refractivity contribution is 0.561. The summed E-state index contributed by atoms with van der Waals surface area (Å²) in [5, 5.41) is 16.9. The molecule has 6 N–H and O–H groups in total. The number of nitrogens with two attached hydrogens (primary N) is 3. The molecular formula is C12H31N3Si. The van der Waals surface area contributed by atoms with Crippen molar-refractivity contribution in [2.75, 3.05) is 0 Å². The van der Waals surface area contributed by atoms with Crippen LogP contribution in [-0.2, 0) is 0 Å². The van der Waals surface area contributed by atoms with Crippen molar-refractivity contribution >= 4 is 8.56 Å². The molecule has 98 valence electrons. The van der Waals surface area contributed by atoms with Crippen LogP contribution in [0.2, 0.25) is 6.04 Å². The zero-order chi connectivity index (χ0) is 12.3.